The minimum Gasteiger partial charge on any atom is -0.445 e. The Bertz CT molecular complexity index is 836. The summed E-state index contributed by atoms with van der Waals surface area (Å²) < 4.78 is 43.5. The molecule has 0 radical (unpaired) electrons. The summed E-state index contributed by atoms with van der Waals surface area (Å²) in [5, 5.41) is 3.08. The Morgan fingerprint density at radius 3 is 2.59 bits per heavy atom. The highest BCUT2D eigenvalue weighted by Gasteiger charge is 2.46. The minimum absolute atomic E-state index is 0.0626. The number of amides is 1. The average Bonchev–Trinajstić information content (AvgIpc) is 2.70. The van der Waals surface area contributed by atoms with E-state index in [-0.39, 0.29) is 18.7 Å². The number of alkyl halides is 3. The van der Waals surface area contributed by atoms with E-state index in [4.69, 9.17) is 4.74 Å². The minimum atomic E-state index is -4.41. The van der Waals surface area contributed by atoms with Crippen molar-refractivity contribution < 1.29 is 22.7 Å². The molecule has 8 heteroatoms. The van der Waals surface area contributed by atoms with E-state index >= 15 is 0 Å². The molecule has 1 saturated carbocycles. The molecule has 2 saturated heterocycles. The Kier molecular flexibility index (Phi) is 5.34. The quantitative estimate of drug-likeness (QED) is 0.793. The van der Waals surface area contributed by atoms with Crippen LogP contribution in [0.5, 0.6) is 0 Å². The summed E-state index contributed by atoms with van der Waals surface area (Å²) >= 11 is 0. The van der Waals surface area contributed by atoms with Crippen LogP contribution in [0.3, 0.4) is 0 Å². The smallest absolute Gasteiger partial charge is 0.417 e. The highest BCUT2D eigenvalue weighted by atomic mass is 19.4. The molecule has 1 atom stereocenters. The van der Waals surface area contributed by atoms with Gasteiger partial charge in [-0.25, -0.2) is 9.78 Å². The van der Waals surface area contributed by atoms with Crippen LogP contribution < -0.4 is 5.32 Å². The molecule has 5 nitrogen and oxygen atoms in total. The van der Waals surface area contributed by atoms with Gasteiger partial charge in [-0.3, -0.25) is 0 Å². The van der Waals surface area contributed by atoms with Crippen molar-refractivity contribution in [2.45, 2.75) is 31.7 Å². The number of piperidine rings is 2. The Morgan fingerprint density at radius 2 is 1.93 bits per heavy atom. The Hall–Kier alpha value is -2.77. The molecule has 1 aromatic carbocycles. The van der Waals surface area contributed by atoms with Crippen molar-refractivity contribution >= 4 is 11.9 Å². The summed E-state index contributed by atoms with van der Waals surface area (Å²) in [7, 11) is 0. The number of carbonyl (C=O) groups excluding carboxylic acids is 1. The monoisotopic (exact) mass is 405 g/mol. The molecule has 5 rings (SSSR count). The number of pyridine rings is 1. The number of nitrogens with zero attached hydrogens (tertiary/aromatic N) is 2. The first-order valence-corrected chi connectivity index (χ1v) is 9.64. The topological polar surface area (TPSA) is 54.5 Å². The molecule has 2 aliphatic heterocycles. The first-order chi connectivity index (χ1) is 13.9. The van der Waals surface area contributed by atoms with Crippen molar-refractivity contribution in [3.05, 3.63) is 59.8 Å². The van der Waals surface area contributed by atoms with Gasteiger partial charge in [0, 0.05) is 19.3 Å². The van der Waals surface area contributed by atoms with Crippen LogP contribution in [0.2, 0.25) is 0 Å². The molecule has 1 aliphatic carbocycles. The van der Waals surface area contributed by atoms with E-state index < -0.39 is 11.7 Å². The lowest BCUT2D eigenvalue weighted by Crippen LogP contribution is -2.60. The van der Waals surface area contributed by atoms with Crippen LogP contribution in [-0.4, -0.2) is 35.1 Å². The molecular weight excluding hydrogens is 383 g/mol. The maximum Gasteiger partial charge on any atom is 0.417 e. The van der Waals surface area contributed by atoms with E-state index in [0.29, 0.717) is 30.7 Å². The highest BCUT2D eigenvalue weighted by molar-refractivity contribution is 5.68. The van der Waals surface area contributed by atoms with E-state index in [1.54, 1.807) is 4.90 Å². The number of aromatic nitrogens is 1. The zero-order valence-corrected chi connectivity index (χ0v) is 15.7. The molecule has 3 fully saturated rings. The fourth-order valence-electron chi connectivity index (χ4n) is 4.08. The van der Waals surface area contributed by atoms with E-state index in [2.05, 4.69) is 10.3 Å². The van der Waals surface area contributed by atoms with Crippen LogP contribution in [0, 0.1) is 11.8 Å². The van der Waals surface area contributed by atoms with Crippen LogP contribution in [0.1, 0.15) is 24.0 Å². The van der Waals surface area contributed by atoms with E-state index in [1.165, 1.54) is 6.07 Å². The maximum atomic E-state index is 12.7. The molecule has 1 N–H and O–H groups in total. The Labute approximate surface area is 166 Å². The lowest BCUT2D eigenvalue weighted by atomic mass is 9.67. The SMILES string of the molecule is O=C(OCc1ccccc1)N1CC2CC(C2)C1CNc1ccc(C(F)(F)F)cn1. The summed E-state index contributed by atoms with van der Waals surface area (Å²) in [5.41, 5.74) is 0.139. The summed E-state index contributed by atoms with van der Waals surface area (Å²) in [6, 6.07) is 11.7. The molecule has 1 aromatic heterocycles. The van der Waals surface area contributed by atoms with Gasteiger partial charge in [-0.15, -0.1) is 0 Å². The van der Waals surface area contributed by atoms with Crippen molar-refractivity contribution in [1.29, 1.82) is 0 Å². The largest absolute Gasteiger partial charge is 0.445 e. The number of rotatable bonds is 5. The predicted octanol–water partition coefficient (Wildman–Crippen LogP) is 4.56. The number of halogens is 3. The molecule has 0 spiro atoms. The number of hydrogen-bond donors (Lipinski definition) is 1. The number of anilines is 1. The Balaban J connectivity index is 1.36. The Morgan fingerprint density at radius 1 is 1.17 bits per heavy atom. The van der Waals surface area contributed by atoms with Crippen LogP contribution in [0.4, 0.5) is 23.8 Å². The second-order valence-corrected chi connectivity index (χ2v) is 7.67. The maximum absolute atomic E-state index is 12.7. The normalized spacial score (nSPS) is 23.3. The van der Waals surface area contributed by atoms with Gasteiger partial charge in [0.05, 0.1) is 11.6 Å². The third-order valence-electron chi connectivity index (χ3n) is 5.69. The first-order valence-electron chi connectivity index (χ1n) is 9.64. The number of nitrogens with one attached hydrogen (secondary N) is 1. The van der Waals surface area contributed by atoms with E-state index in [0.717, 1.165) is 30.7 Å². The highest BCUT2D eigenvalue weighted by Crippen LogP contribution is 2.44. The van der Waals surface area contributed by atoms with Gasteiger partial charge in [0.2, 0.25) is 0 Å². The zero-order chi connectivity index (χ0) is 20.4. The van der Waals surface area contributed by atoms with E-state index in [1.807, 2.05) is 30.3 Å². The van der Waals surface area contributed by atoms with Gasteiger partial charge < -0.3 is 15.0 Å². The molecule has 29 heavy (non-hydrogen) atoms. The summed E-state index contributed by atoms with van der Waals surface area (Å²) in [5.74, 6) is 1.24. The van der Waals surface area contributed by atoms with Crippen LogP contribution in [0.15, 0.2) is 48.7 Å². The molecule has 2 bridgehead atoms. The molecule has 1 amide bonds. The molecule has 3 heterocycles. The van der Waals surface area contributed by atoms with Gasteiger partial charge in [0.15, 0.2) is 0 Å². The average molecular weight is 405 g/mol. The lowest BCUT2D eigenvalue weighted by Gasteiger charge is -2.52. The molecular formula is C21H22F3N3O2. The van der Waals surface area contributed by atoms with Crippen molar-refractivity contribution in [3.8, 4) is 0 Å². The van der Waals surface area contributed by atoms with Gasteiger partial charge in [-0.1, -0.05) is 30.3 Å². The van der Waals surface area contributed by atoms with Crippen LogP contribution in [-0.2, 0) is 17.5 Å². The zero-order valence-electron chi connectivity index (χ0n) is 15.7. The van der Waals surface area contributed by atoms with Crippen molar-refractivity contribution in [2.75, 3.05) is 18.4 Å². The second kappa shape index (κ2) is 7.93. The summed E-state index contributed by atoms with van der Waals surface area (Å²) in [6.07, 6.45) is -1.82. The predicted molar refractivity (Wildman–Crippen MR) is 101 cm³/mol. The molecule has 2 aromatic rings. The van der Waals surface area contributed by atoms with Gasteiger partial charge in [-0.2, -0.15) is 13.2 Å². The van der Waals surface area contributed by atoms with Gasteiger partial charge >= 0.3 is 12.3 Å². The van der Waals surface area contributed by atoms with Crippen molar-refractivity contribution in [3.63, 3.8) is 0 Å². The number of ether oxygens (including phenoxy) is 1. The fraction of sp³-hybridized carbons (Fsp3) is 0.429. The van der Waals surface area contributed by atoms with Gasteiger partial charge in [0.1, 0.15) is 12.4 Å². The van der Waals surface area contributed by atoms with Crippen LogP contribution in [0.25, 0.3) is 0 Å². The van der Waals surface area contributed by atoms with Crippen molar-refractivity contribution in [1.82, 2.24) is 9.88 Å². The fourth-order valence-corrected chi connectivity index (χ4v) is 4.08. The van der Waals surface area contributed by atoms with Gasteiger partial charge in [0.25, 0.3) is 0 Å². The standard InChI is InChI=1S/C21H22F3N3O2/c22-21(23,24)17-6-7-19(25-10-17)26-11-18-16-8-15(9-16)12-27(18)20(28)29-13-14-4-2-1-3-5-14/h1-7,10,15-16,18H,8-9,11-13H2,(H,25,26). The number of carbonyl (C=O) groups is 1. The number of fused-ring (bicyclic) bond motifs is 2. The molecule has 154 valence electrons. The van der Waals surface area contributed by atoms with Crippen molar-refractivity contribution in [2.24, 2.45) is 11.8 Å². The van der Waals surface area contributed by atoms with E-state index in [9.17, 15) is 18.0 Å². The first kappa shape index (κ1) is 19.5. The third-order valence-corrected chi connectivity index (χ3v) is 5.69. The third kappa shape index (κ3) is 4.46. The van der Waals surface area contributed by atoms with Crippen LogP contribution >= 0.6 is 0 Å². The second-order valence-electron chi connectivity index (χ2n) is 7.67. The molecule has 1 unspecified atom stereocenters. The molecule has 3 aliphatic rings. The lowest BCUT2D eigenvalue weighted by molar-refractivity contribution is -0.137. The van der Waals surface area contributed by atoms with Gasteiger partial charge in [-0.05, 0) is 42.4 Å². The summed E-state index contributed by atoms with van der Waals surface area (Å²) in [4.78, 5) is 18.2. The summed E-state index contributed by atoms with van der Waals surface area (Å²) in [6.45, 7) is 1.29. The number of hydrogen-bond acceptors (Lipinski definition) is 4. The number of benzene rings is 1.